The van der Waals surface area contributed by atoms with Crippen molar-refractivity contribution in [1.82, 2.24) is 4.31 Å². The van der Waals surface area contributed by atoms with Gasteiger partial charge in [0, 0.05) is 35.8 Å². The van der Waals surface area contributed by atoms with Gasteiger partial charge in [-0.2, -0.15) is 4.31 Å². The van der Waals surface area contributed by atoms with Crippen LogP contribution in [0, 0.1) is 5.92 Å². The smallest absolute Gasteiger partial charge is 0.412 e. The van der Waals surface area contributed by atoms with E-state index in [1.165, 1.54) is 16.4 Å². The maximum Gasteiger partial charge on any atom is 0.412 e. The number of carbonyl (C=O) groups excluding carboxylic acids is 1. The average Bonchev–Trinajstić information content (AvgIpc) is 3.33. The van der Waals surface area contributed by atoms with Crippen molar-refractivity contribution in [3.05, 3.63) is 58.4 Å². The summed E-state index contributed by atoms with van der Waals surface area (Å²) in [6, 6.07) is 14.1. The first-order valence-electron chi connectivity index (χ1n) is 14.3. The van der Waals surface area contributed by atoms with E-state index in [9.17, 15) is 23.1 Å². The van der Waals surface area contributed by atoms with Crippen LogP contribution in [0.15, 0.2) is 53.4 Å². The van der Waals surface area contributed by atoms with E-state index in [-0.39, 0.29) is 32.4 Å². The number of hydrogen-bond donors (Lipinski definition) is 2. The van der Waals surface area contributed by atoms with Crippen LogP contribution in [0.1, 0.15) is 62.5 Å². The van der Waals surface area contributed by atoms with Crippen molar-refractivity contribution in [1.29, 1.82) is 0 Å². The van der Waals surface area contributed by atoms with Crippen LogP contribution in [0.25, 0.3) is 10.4 Å². The minimum absolute atomic E-state index is 0.0380. The molecule has 1 saturated carbocycles. The monoisotopic (exact) mass is 645 g/mol. The number of benzene rings is 2. The van der Waals surface area contributed by atoms with Gasteiger partial charge >= 0.3 is 12.1 Å². The van der Waals surface area contributed by atoms with Gasteiger partial charge in [-0.25, -0.2) is 18.0 Å². The fraction of sp³-hybridized carbons (Fsp3) is 0.419. The molecule has 3 aromatic rings. The summed E-state index contributed by atoms with van der Waals surface area (Å²) in [7, 11) is -2.32. The van der Waals surface area contributed by atoms with Crippen molar-refractivity contribution < 1.29 is 27.9 Å². The van der Waals surface area contributed by atoms with Gasteiger partial charge in [0.25, 0.3) is 0 Å². The van der Waals surface area contributed by atoms with E-state index >= 15 is 0 Å². The molecule has 0 unspecified atom stereocenters. The molecule has 5 rings (SSSR count). The summed E-state index contributed by atoms with van der Waals surface area (Å²) in [4.78, 5) is 26.9. The Balaban J connectivity index is 1.63. The number of halogens is 1. The van der Waals surface area contributed by atoms with E-state index < -0.39 is 27.7 Å². The zero-order chi connectivity index (χ0) is 31.1. The Hall–Kier alpha value is -3.12. The number of carbonyl (C=O) groups is 2. The summed E-state index contributed by atoms with van der Waals surface area (Å²) in [6.45, 7) is 5.58. The Labute approximate surface area is 261 Å². The number of ether oxygens (including phenoxy) is 1. The number of thiophene rings is 1. The van der Waals surface area contributed by atoms with Gasteiger partial charge < -0.3 is 14.7 Å². The van der Waals surface area contributed by atoms with E-state index in [2.05, 4.69) is 5.32 Å². The predicted molar refractivity (Wildman–Crippen MR) is 170 cm³/mol. The third kappa shape index (κ3) is 6.55. The topological polar surface area (TPSA) is 116 Å². The summed E-state index contributed by atoms with van der Waals surface area (Å²) in [5.74, 6) is -1.02. The van der Waals surface area contributed by atoms with Crippen molar-refractivity contribution in [2.75, 3.05) is 23.8 Å². The minimum Gasteiger partial charge on any atom is -0.477 e. The molecule has 1 aromatic heterocycles. The summed E-state index contributed by atoms with van der Waals surface area (Å²) in [6.07, 6.45) is 4.45. The molecule has 1 aliphatic heterocycles. The van der Waals surface area contributed by atoms with E-state index in [1.54, 1.807) is 33.9 Å². The van der Waals surface area contributed by atoms with Gasteiger partial charge in [0.2, 0.25) is 10.0 Å². The van der Waals surface area contributed by atoms with Gasteiger partial charge in [0.1, 0.15) is 15.4 Å². The first kappa shape index (κ1) is 31.3. The maximum atomic E-state index is 14.3. The van der Waals surface area contributed by atoms with Crippen LogP contribution in [-0.4, -0.2) is 55.1 Å². The lowest BCUT2D eigenvalue weighted by molar-refractivity contribution is 0.0636. The van der Waals surface area contributed by atoms with E-state index in [0.29, 0.717) is 22.7 Å². The lowest BCUT2D eigenvalue weighted by atomic mass is 9.83. The molecule has 2 heterocycles. The molecule has 0 spiro atoms. The van der Waals surface area contributed by atoms with Crippen molar-refractivity contribution in [2.24, 2.45) is 5.92 Å². The number of para-hydroxylation sites is 1. The number of likely N-dealkylation sites (N-methyl/N-ethyl adjacent to an activating group) is 1. The van der Waals surface area contributed by atoms with Crippen LogP contribution in [0.5, 0.6) is 0 Å². The fourth-order valence-corrected chi connectivity index (χ4v) is 8.79. The number of amides is 1. The second kappa shape index (κ2) is 12.1. The van der Waals surface area contributed by atoms with Gasteiger partial charge in [-0.05, 0) is 69.9 Å². The number of carboxylic acids is 1. The lowest BCUT2D eigenvalue weighted by Crippen LogP contribution is -2.46. The SMILES string of the molecule is CN1[C@H](C2CCCCC2)CN(c2ccccc2)c2cc(Cl)c(-c3cc(NC(=O)OC(C)(C)C)c(C(=O)O)s3)cc2S1(=O)=O. The van der Waals surface area contributed by atoms with Gasteiger partial charge in [-0.1, -0.05) is 49.1 Å². The van der Waals surface area contributed by atoms with Gasteiger partial charge in [-0.3, -0.25) is 5.32 Å². The second-order valence-corrected chi connectivity index (χ2v) is 15.4. The number of sulfonamides is 1. The molecule has 12 heteroatoms. The van der Waals surface area contributed by atoms with Crippen LogP contribution in [0.2, 0.25) is 5.02 Å². The zero-order valence-corrected chi connectivity index (χ0v) is 27.0. The fourth-order valence-electron chi connectivity index (χ4n) is 5.89. The summed E-state index contributed by atoms with van der Waals surface area (Å²) < 4.78 is 35.4. The number of carboxylic acid groups (broad SMARTS) is 1. The first-order chi connectivity index (χ1) is 20.3. The van der Waals surface area contributed by atoms with E-state index in [1.807, 2.05) is 35.2 Å². The molecule has 9 nitrogen and oxygen atoms in total. The maximum absolute atomic E-state index is 14.3. The highest BCUT2D eigenvalue weighted by Gasteiger charge is 2.41. The standard InChI is InChI=1S/C31H36ClN3O6S2/c1-31(2,3)41-30(38)33-23-17-26(42-28(23)29(36)37)21-15-27-24(16-22(21)32)35(20-13-9-6-10-14-20)18-25(34(4)43(27,39)40)19-11-7-5-8-12-19/h6,9-10,13-17,19,25H,5,7-8,11-12,18H2,1-4H3,(H,33,38)(H,36,37)/t25-/m0/s1. The van der Waals surface area contributed by atoms with Crippen molar-refractivity contribution in [2.45, 2.75) is 69.4 Å². The zero-order valence-electron chi connectivity index (χ0n) is 24.6. The van der Waals surface area contributed by atoms with Crippen molar-refractivity contribution in [3.8, 4) is 10.4 Å². The van der Waals surface area contributed by atoms with Crippen molar-refractivity contribution in [3.63, 3.8) is 0 Å². The third-order valence-electron chi connectivity index (χ3n) is 7.92. The molecule has 2 N–H and O–H groups in total. The lowest BCUT2D eigenvalue weighted by Gasteiger charge is -2.36. The average molecular weight is 646 g/mol. The molecule has 1 fully saturated rings. The molecule has 1 atom stereocenters. The normalized spacial score (nSPS) is 19.4. The molecular formula is C31H36ClN3O6S2. The molecule has 0 bridgehead atoms. The van der Waals surface area contributed by atoms with E-state index in [4.69, 9.17) is 16.3 Å². The minimum atomic E-state index is -3.97. The molecule has 2 aliphatic rings. The number of hydrogen-bond acceptors (Lipinski definition) is 7. The third-order valence-corrected chi connectivity index (χ3v) is 11.3. The van der Waals surface area contributed by atoms with Gasteiger partial charge in [-0.15, -0.1) is 11.3 Å². The predicted octanol–water partition coefficient (Wildman–Crippen LogP) is 7.83. The van der Waals surface area contributed by atoms with E-state index in [0.717, 1.165) is 49.1 Å². The summed E-state index contributed by atoms with van der Waals surface area (Å²) in [5.41, 5.74) is 0.925. The number of nitrogens with one attached hydrogen (secondary N) is 1. The molecule has 1 amide bonds. The Bertz CT molecular complexity index is 1630. The molecule has 0 saturated heterocycles. The molecule has 2 aromatic carbocycles. The Morgan fingerprint density at radius 2 is 1.74 bits per heavy atom. The number of aromatic carboxylic acids is 1. The Morgan fingerprint density at radius 3 is 2.37 bits per heavy atom. The molecule has 0 radical (unpaired) electrons. The highest BCUT2D eigenvalue weighted by molar-refractivity contribution is 7.89. The van der Waals surface area contributed by atoms with Crippen LogP contribution in [-0.2, 0) is 14.8 Å². The first-order valence-corrected chi connectivity index (χ1v) is 16.9. The highest BCUT2D eigenvalue weighted by Crippen LogP contribution is 2.46. The highest BCUT2D eigenvalue weighted by atomic mass is 35.5. The number of anilines is 3. The van der Waals surface area contributed by atoms with Gasteiger partial charge in [0.05, 0.1) is 16.4 Å². The van der Waals surface area contributed by atoms with Crippen LogP contribution in [0.4, 0.5) is 21.9 Å². The quantitative estimate of drug-likeness (QED) is 0.290. The van der Waals surface area contributed by atoms with Crippen LogP contribution in [0.3, 0.4) is 0 Å². The van der Waals surface area contributed by atoms with Crippen molar-refractivity contribution >= 4 is 62.1 Å². The number of rotatable bonds is 5. The molecular weight excluding hydrogens is 610 g/mol. The summed E-state index contributed by atoms with van der Waals surface area (Å²) >= 11 is 7.76. The van der Waals surface area contributed by atoms with Crippen LogP contribution < -0.4 is 10.2 Å². The second-order valence-electron chi connectivity index (χ2n) is 12.0. The molecule has 230 valence electrons. The Kier molecular flexibility index (Phi) is 8.82. The molecule has 43 heavy (non-hydrogen) atoms. The number of fused-ring (bicyclic) bond motifs is 1. The molecule has 1 aliphatic carbocycles. The summed E-state index contributed by atoms with van der Waals surface area (Å²) in [5, 5.41) is 12.7. The largest absolute Gasteiger partial charge is 0.477 e. The Morgan fingerprint density at radius 1 is 1.07 bits per heavy atom. The van der Waals surface area contributed by atoms with Crippen LogP contribution >= 0.6 is 22.9 Å². The van der Waals surface area contributed by atoms with Gasteiger partial charge in [0.15, 0.2) is 0 Å². The number of nitrogens with zero attached hydrogens (tertiary/aromatic N) is 2.